The highest BCUT2D eigenvalue weighted by Gasteiger charge is 2.28. The number of anilines is 1. The molecule has 1 fully saturated rings. The van der Waals surface area contributed by atoms with E-state index in [-0.39, 0.29) is 11.8 Å². The van der Waals surface area contributed by atoms with E-state index in [1.54, 1.807) is 0 Å². The third-order valence-electron chi connectivity index (χ3n) is 4.01. The SMILES string of the molecule is CCC(C(=O)N1CCN(c2cccc(C)c2)CC1)C(N)=S. The Morgan fingerprint density at radius 2 is 2.00 bits per heavy atom. The van der Waals surface area contributed by atoms with Gasteiger partial charge in [0.05, 0.1) is 10.9 Å². The minimum Gasteiger partial charge on any atom is -0.393 e. The average Bonchev–Trinajstić information content (AvgIpc) is 2.47. The van der Waals surface area contributed by atoms with Crippen LogP contribution in [0.1, 0.15) is 18.9 Å². The van der Waals surface area contributed by atoms with Gasteiger partial charge < -0.3 is 15.5 Å². The topological polar surface area (TPSA) is 49.6 Å². The number of piperazine rings is 1. The van der Waals surface area contributed by atoms with Crippen LogP contribution in [-0.2, 0) is 4.79 Å². The number of aryl methyl sites for hydroxylation is 1. The maximum Gasteiger partial charge on any atom is 0.232 e. The Labute approximate surface area is 131 Å². The lowest BCUT2D eigenvalue weighted by atomic mass is 10.0. The van der Waals surface area contributed by atoms with E-state index in [1.807, 2.05) is 11.8 Å². The van der Waals surface area contributed by atoms with Gasteiger partial charge in [-0.25, -0.2) is 0 Å². The molecule has 1 saturated heterocycles. The second-order valence-electron chi connectivity index (χ2n) is 5.51. The summed E-state index contributed by atoms with van der Waals surface area (Å²) in [6, 6.07) is 8.47. The minimum absolute atomic E-state index is 0.0777. The first-order chi connectivity index (χ1) is 10.0. The van der Waals surface area contributed by atoms with Gasteiger partial charge >= 0.3 is 0 Å². The molecule has 21 heavy (non-hydrogen) atoms. The average molecular weight is 305 g/mol. The Kier molecular flexibility index (Phi) is 5.17. The van der Waals surface area contributed by atoms with Crippen LogP contribution < -0.4 is 10.6 Å². The number of carbonyl (C=O) groups excluding carboxylic acids is 1. The summed E-state index contributed by atoms with van der Waals surface area (Å²) in [5.74, 6) is -0.237. The maximum atomic E-state index is 12.4. The molecule has 0 saturated carbocycles. The normalized spacial score (nSPS) is 16.7. The lowest BCUT2D eigenvalue weighted by Crippen LogP contribution is -2.51. The highest BCUT2D eigenvalue weighted by Crippen LogP contribution is 2.19. The zero-order valence-corrected chi connectivity index (χ0v) is 13.5. The van der Waals surface area contributed by atoms with E-state index < -0.39 is 0 Å². The molecule has 1 amide bonds. The molecular weight excluding hydrogens is 282 g/mol. The summed E-state index contributed by atoms with van der Waals surface area (Å²) in [5.41, 5.74) is 8.14. The van der Waals surface area contributed by atoms with Crippen molar-refractivity contribution >= 4 is 28.8 Å². The molecule has 2 rings (SSSR count). The predicted octanol–water partition coefficient (Wildman–Crippen LogP) is 1.96. The van der Waals surface area contributed by atoms with E-state index >= 15 is 0 Å². The van der Waals surface area contributed by atoms with Crippen LogP contribution in [0.3, 0.4) is 0 Å². The van der Waals surface area contributed by atoms with Crippen LogP contribution in [0.15, 0.2) is 24.3 Å². The summed E-state index contributed by atoms with van der Waals surface area (Å²) in [6.07, 6.45) is 0.673. The molecule has 114 valence electrons. The molecule has 1 aliphatic heterocycles. The van der Waals surface area contributed by atoms with Gasteiger partial charge in [-0.1, -0.05) is 31.3 Å². The van der Waals surface area contributed by atoms with Crippen molar-refractivity contribution < 1.29 is 4.79 Å². The molecular formula is C16H23N3OS. The van der Waals surface area contributed by atoms with Crippen molar-refractivity contribution in [2.75, 3.05) is 31.1 Å². The summed E-state index contributed by atoms with van der Waals surface area (Å²) in [7, 11) is 0. The van der Waals surface area contributed by atoms with Crippen LogP contribution in [0.25, 0.3) is 0 Å². The van der Waals surface area contributed by atoms with E-state index in [0.29, 0.717) is 11.4 Å². The van der Waals surface area contributed by atoms with Gasteiger partial charge in [-0.2, -0.15) is 0 Å². The van der Waals surface area contributed by atoms with Gasteiger partial charge in [-0.15, -0.1) is 0 Å². The molecule has 0 radical (unpaired) electrons. The summed E-state index contributed by atoms with van der Waals surface area (Å²) in [4.78, 5) is 16.9. The Balaban J connectivity index is 1.97. The van der Waals surface area contributed by atoms with E-state index in [4.69, 9.17) is 18.0 Å². The van der Waals surface area contributed by atoms with E-state index in [9.17, 15) is 4.79 Å². The second-order valence-corrected chi connectivity index (χ2v) is 5.99. The molecule has 0 aromatic heterocycles. The van der Waals surface area contributed by atoms with Crippen LogP contribution >= 0.6 is 12.2 Å². The summed E-state index contributed by atoms with van der Waals surface area (Å²) >= 11 is 5.00. The van der Waals surface area contributed by atoms with Crippen molar-refractivity contribution in [3.05, 3.63) is 29.8 Å². The molecule has 1 aliphatic rings. The number of carbonyl (C=O) groups is 1. The van der Waals surface area contributed by atoms with Crippen molar-refractivity contribution in [2.24, 2.45) is 11.7 Å². The summed E-state index contributed by atoms with van der Waals surface area (Å²) in [5, 5.41) is 0. The van der Waals surface area contributed by atoms with Crippen LogP contribution in [-0.4, -0.2) is 42.0 Å². The van der Waals surface area contributed by atoms with Gasteiger partial charge in [0.15, 0.2) is 0 Å². The van der Waals surface area contributed by atoms with Gasteiger partial charge in [0.1, 0.15) is 0 Å². The number of nitrogens with two attached hydrogens (primary N) is 1. The van der Waals surface area contributed by atoms with E-state index in [1.165, 1.54) is 11.3 Å². The van der Waals surface area contributed by atoms with Crippen molar-refractivity contribution in [1.82, 2.24) is 4.90 Å². The van der Waals surface area contributed by atoms with E-state index in [2.05, 4.69) is 36.1 Å². The van der Waals surface area contributed by atoms with E-state index in [0.717, 1.165) is 26.2 Å². The number of hydrogen-bond donors (Lipinski definition) is 1. The first-order valence-electron chi connectivity index (χ1n) is 7.42. The Bertz CT molecular complexity index is 524. The number of nitrogens with zero attached hydrogens (tertiary/aromatic N) is 2. The number of amides is 1. The predicted molar refractivity (Wildman–Crippen MR) is 90.5 cm³/mol. The number of benzene rings is 1. The highest BCUT2D eigenvalue weighted by molar-refractivity contribution is 7.80. The van der Waals surface area contributed by atoms with Crippen LogP contribution in [0.2, 0.25) is 0 Å². The number of thiocarbonyl (C=S) groups is 1. The van der Waals surface area contributed by atoms with Gasteiger partial charge in [-0.05, 0) is 31.0 Å². The summed E-state index contributed by atoms with van der Waals surface area (Å²) < 4.78 is 0. The zero-order chi connectivity index (χ0) is 15.4. The standard InChI is InChI=1S/C16H23N3OS/c1-3-14(15(17)21)16(20)19-9-7-18(8-10-19)13-6-4-5-12(2)11-13/h4-6,11,14H,3,7-10H2,1-2H3,(H2,17,21). The zero-order valence-electron chi connectivity index (χ0n) is 12.7. The van der Waals surface area contributed by atoms with Crippen LogP contribution in [0, 0.1) is 12.8 Å². The minimum atomic E-state index is -0.314. The smallest absolute Gasteiger partial charge is 0.232 e. The van der Waals surface area contributed by atoms with Crippen LogP contribution in [0.5, 0.6) is 0 Å². The van der Waals surface area contributed by atoms with Crippen molar-refractivity contribution in [3.63, 3.8) is 0 Å². The van der Waals surface area contributed by atoms with Gasteiger partial charge in [-0.3, -0.25) is 4.79 Å². The summed E-state index contributed by atoms with van der Waals surface area (Å²) in [6.45, 7) is 7.20. The monoisotopic (exact) mass is 305 g/mol. The third kappa shape index (κ3) is 3.73. The molecule has 2 N–H and O–H groups in total. The van der Waals surface area contributed by atoms with Gasteiger partial charge in [0.25, 0.3) is 0 Å². The fourth-order valence-corrected chi connectivity index (χ4v) is 3.00. The Hall–Kier alpha value is -1.62. The molecule has 4 nitrogen and oxygen atoms in total. The first kappa shape index (κ1) is 15.8. The fraction of sp³-hybridized carbons (Fsp3) is 0.500. The van der Waals surface area contributed by atoms with Crippen molar-refractivity contribution in [3.8, 4) is 0 Å². The molecule has 1 heterocycles. The molecule has 1 unspecified atom stereocenters. The second kappa shape index (κ2) is 6.89. The number of hydrogen-bond acceptors (Lipinski definition) is 3. The molecule has 0 bridgehead atoms. The van der Waals surface area contributed by atoms with Crippen LogP contribution in [0.4, 0.5) is 5.69 Å². The molecule has 0 aliphatic carbocycles. The fourth-order valence-electron chi connectivity index (χ4n) is 2.73. The quantitative estimate of drug-likeness (QED) is 0.864. The largest absolute Gasteiger partial charge is 0.393 e. The third-order valence-corrected chi connectivity index (χ3v) is 4.29. The van der Waals surface area contributed by atoms with Crippen molar-refractivity contribution in [2.45, 2.75) is 20.3 Å². The lowest BCUT2D eigenvalue weighted by molar-refractivity contribution is -0.133. The van der Waals surface area contributed by atoms with Gasteiger partial charge in [0, 0.05) is 31.9 Å². The Morgan fingerprint density at radius 3 is 2.52 bits per heavy atom. The maximum absolute atomic E-state index is 12.4. The molecule has 0 spiro atoms. The van der Waals surface area contributed by atoms with Crippen molar-refractivity contribution in [1.29, 1.82) is 0 Å². The first-order valence-corrected chi connectivity index (χ1v) is 7.83. The van der Waals surface area contributed by atoms with Gasteiger partial charge in [0.2, 0.25) is 5.91 Å². The molecule has 5 heteroatoms. The molecule has 1 aromatic carbocycles. The highest BCUT2D eigenvalue weighted by atomic mass is 32.1. The Morgan fingerprint density at radius 1 is 1.33 bits per heavy atom. The lowest BCUT2D eigenvalue weighted by Gasteiger charge is -2.37. The molecule has 1 aromatic rings. The molecule has 1 atom stereocenters. The number of rotatable bonds is 4.